The molecule has 1 atom stereocenters. The molecule has 2 nitrogen and oxygen atoms in total. The summed E-state index contributed by atoms with van der Waals surface area (Å²) in [4.78, 5) is 4.15. The zero-order valence-electron chi connectivity index (χ0n) is 12.2. The van der Waals surface area contributed by atoms with Gasteiger partial charge in [-0.2, -0.15) is 0 Å². The van der Waals surface area contributed by atoms with Crippen LogP contribution >= 0.6 is 0 Å². The van der Waals surface area contributed by atoms with Crippen LogP contribution in [0.5, 0.6) is 0 Å². The van der Waals surface area contributed by atoms with Gasteiger partial charge in [0.05, 0.1) is 17.9 Å². The molecule has 2 aromatic rings. The number of rotatable bonds is 5. The largest absolute Gasteiger partial charge is 0.377 e. The third kappa shape index (κ3) is 3.56. The Morgan fingerprint density at radius 3 is 2.30 bits per heavy atom. The molecule has 0 bridgehead atoms. The predicted molar refractivity (Wildman–Crippen MR) is 81.4 cm³/mol. The molecule has 0 aliphatic rings. The maximum Gasteiger partial charge on any atom is 0.141 e. The lowest BCUT2D eigenvalue weighted by Gasteiger charge is -2.18. The molecule has 3 heteroatoms. The third-order valence-corrected chi connectivity index (χ3v) is 3.43. The van der Waals surface area contributed by atoms with E-state index in [1.807, 2.05) is 0 Å². The average molecular weight is 272 g/mol. The first kappa shape index (κ1) is 14.5. The van der Waals surface area contributed by atoms with Gasteiger partial charge in [0, 0.05) is 5.69 Å². The van der Waals surface area contributed by atoms with Crippen LogP contribution in [0.25, 0.3) is 0 Å². The van der Waals surface area contributed by atoms with Crippen molar-refractivity contribution in [3.05, 3.63) is 59.7 Å². The molecule has 106 valence electrons. The van der Waals surface area contributed by atoms with E-state index in [0.29, 0.717) is 5.92 Å². The lowest BCUT2D eigenvalue weighted by molar-refractivity contribution is 0.614. The van der Waals surface area contributed by atoms with E-state index >= 15 is 0 Å². The second-order valence-corrected chi connectivity index (χ2v) is 5.28. The van der Waals surface area contributed by atoms with Gasteiger partial charge in [0.2, 0.25) is 0 Å². The van der Waals surface area contributed by atoms with Crippen LogP contribution in [0.2, 0.25) is 0 Å². The summed E-state index contributed by atoms with van der Waals surface area (Å²) in [5, 5.41) is 3.45. The van der Waals surface area contributed by atoms with Gasteiger partial charge < -0.3 is 5.32 Å². The van der Waals surface area contributed by atoms with Gasteiger partial charge in [0.15, 0.2) is 0 Å². The molecule has 0 saturated heterocycles. The van der Waals surface area contributed by atoms with E-state index in [9.17, 15) is 4.39 Å². The van der Waals surface area contributed by atoms with E-state index in [1.165, 1.54) is 17.8 Å². The Morgan fingerprint density at radius 2 is 1.80 bits per heavy atom. The zero-order chi connectivity index (χ0) is 14.5. The molecule has 1 unspecified atom stereocenters. The number of nitrogens with zero attached hydrogens (tertiary/aromatic N) is 1. The first-order valence-electron chi connectivity index (χ1n) is 7.08. The highest BCUT2D eigenvalue weighted by molar-refractivity contribution is 5.46. The van der Waals surface area contributed by atoms with E-state index < -0.39 is 0 Å². The topological polar surface area (TPSA) is 24.9 Å². The molecule has 1 aromatic heterocycles. The van der Waals surface area contributed by atoms with Gasteiger partial charge in [-0.1, -0.05) is 32.9 Å². The number of halogens is 1. The Balaban J connectivity index is 2.11. The maximum atomic E-state index is 12.9. The van der Waals surface area contributed by atoms with Gasteiger partial charge in [0.25, 0.3) is 0 Å². The van der Waals surface area contributed by atoms with Crippen molar-refractivity contribution in [1.82, 2.24) is 4.98 Å². The summed E-state index contributed by atoms with van der Waals surface area (Å²) in [6.07, 6.45) is 2.16. The van der Waals surface area contributed by atoms with E-state index in [0.717, 1.165) is 17.8 Å². The first-order valence-corrected chi connectivity index (χ1v) is 7.08. The van der Waals surface area contributed by atoms with E-state index in [2.05, 4.69) is 55.3 Å². The van der Waals surface area contributed by atoms with Crippen molar-refractivity contribution in [3.63, 3.8) is 0 Å². The quantitative estimate of drug-likeness (QED) is 0.836. The highest BCUT2D eigenvalue weighted by atomic mass is 19.1. The zero-order valence-corrected chi connectivity index (χ0v) is 12.2. The van der Waals surface area contributed by atoms with Crippen LogP contribution in [0.15, 0.2) is 42.6 Å². The predicted octanol–water partition coefficient (Wildman–Crippen LogP) is 4.91. The summed E-state index contributed by atoms with van der Waals surface area (Å²) in [7, 11) is 0. The third-order valence-electron chi connectivity index (χ3n) is 3.43. The van der Waals surface area contributed by atoms with E-state index in [4.69, 9.17) is 0 Å². The van der Waals surface area contributed by atoms with Crippen molar-refractivity contribution in [1.29, 1.82) is 0 Å². The van der Waals surface area contributed by atoms with Gasteiger partial charge in [-0.15, -0.1) is 0 Å². The van der Waals surface area contributed by atoms with Gasteiger partial charge in [-0.3, -0.25) is 4.98 Å². The molecule has 1 heterocycles. The van der Waals surface area contributed by atoms with Crippen LogP contribution in [0.4, 0.5) is 10.1 Å². The Kier molecular flexibility index (Phi) is 4.72. The summed E-state index contributed by atoms with van der Waals surface area (Å²) in [5.41, 5.74) is 3.25. The van der Waals surface area contributed by atoms with Crippen LogP contribution in [-0.4, -0.2) is 4.98 Å². The van der Waals surface area contributed by atoms with Crippen molar-refractivity contribution in [3.8, 4) is 0 Å². The number of anilines is 1. The second kappa shape index (κ2) is 6.51. The molecule has 2 rings (SSSR count). The van der Waals surface area contributed by atoms with Gasteiger partial charge >= 0.3 is 0 Å². The van der Waals surface area contributed by atoms with Crippen LogP contribution in [0, 0.1) is 5.82 Å². The van der Waals surface area contributed by atoms with Crippen LogP contribution in [-0.2, 0) is 0 Å². The summed E-state index contributed by atoms with van der Waals surface area (Å²) in [6.45, 7) is 6.45. The standard InChI is InChI=1S/C17H21FN2/c1-4-16(17-10-7-14(18)11-19-17)20-15-8-5-13(6-9-15)12(2)3/h5-12,16,20H,4H2,1-3H3. The minimum Gasteiger partial charge on any atom is -0.377 e. The fourth-order valence-corrected chi connectivity index (χ4v) is 2.14. The molecule has 20 heavy (non-hydrogen) atoms. The fraction of sp³-hybridized carbons (Fsp3) is 0.353. The Labute approximate surface area is 120 Å². The molecule has 0 fully saturated rings. The minimum atomic E-state index is -0.301. The first-order chi connectivity index (χ1) is 9.60. The van der Waals surface area contributed by atoms with Crippen molar-refractivity contribution >= 4 is 5.69 Å². The smallest absolute Gasteiger partial charge is 0.141 e. The van der Waals surface area contributed by atoms with Crippen LogP contribution in [0.1, 0.15) is 50.4 Å². The second-order valence-electron chi connectivity index (χ2n) is 5.28. The summed E-state index contributed by atoms with van der Waals surface area (Å²) < 4.78 is 12.9. The molecule has 0 aliphatic heterocycles. The average Bonchev–Trinajstić information content (AvgIpc) is 2.46. The van der Waals surface area contributed by atoms with Gasteiger partial charge in [-0.05, 0) is 42.2 Å². The molecule has 1 N–H and O–H groups in total. The molecule has 0 amide bonds. The molecule has 1 aromatic carbocycles. The van der Waals surface area contributed by atoms with Crippen molar-refractivity contribution in [2.75, 3.05) is 5.32 Å². The number of hydrogen-bond acceptors (Lipinski definition) is 2. The maximum absolute atomic E-state index is 12.9. The molecule has 0 aliphatic carbocycles. The molecular weight excluding hydrogens is 251 g/mol. The number of aromatic nitrogens is 1. The Hall–Kier alpha value is -1.90. The van der Waals surface area contributed by atoms with Crippen molar-refractivity contribution < 1.29 is 4.39 Å². The number of hydrogen-bond donors (Lipinski definition) is 1. The number of benzene rings is 1. The normalized spacial score (nSPS) is 12.4. The summed E-state index contributed by atoms with van der Waals surface area (Å²) in [5.74, 6) is 0.231. The van der Waals surface area contributed by atoms with Crippen LogP contribution < -0.4 is 5.32 Å². The SMILES string of the molecule is CCC(Nc1ccc(C(C)C)cc1)c1ccc(F)cn1. The van der Waals surface area contributed by atoms with Crippen LogP contribution in [0.3, 0.4) is 0 Å². The van der Waals surface area contributed by atoms with Gasteiger partial charge in [-0.25, -0.2) is 4.39 Å². The molecule has 0 spiro atoms. The molecular formula is C17H21FN2. The lowest BCUT2D eigenvalue weighted by Crippen LogP contribution is -2.11. The fourth-order valence-electron chi connectivity index (χ4n) is 2.14. The number of nitrogens with one attached hydrogen (secondary N) is 1. The summed E-state index contributed by atoms with van der Waals surface area (Å²) >= 11 is 0. The lowest BCUT2D eigenvalue weighted by atomic mass is 10.0. The Bertz CT molecular complexity index is 532. The van der Waals surface area contributed by atoms with E-state index in [1.54, 1.807) is 6.07 Å². The van der Waals surface area contributed by atoms with Crippen molar-refractivity contribution in [2.24, 2.45) is 0 Å². The van der Waals surface area contributed by atoms with Crippen molar-refractivity contribution in [2.45, 2.75) is 39.2 Å². The molecule has 0 radical (unpaired) electrons. The monoisotopic (exact) mass is 272 g/mol. The minimum absolute atomic E-state index is 0.0977. The number of pyridine rings is 1. The summed E-state index contributed by atoms with van der Waals surface area (Å²) in [6, 6.07) is 11.7. The highest BCUT2D eigenvalue weighted by Crippen LogP contribution is 2.23. The highest BCUT2D eigenvalue weighted by Gasteiger charge is 2.10. The van der Waals surface area contributed by atoms with E-state index in [-0.39, 0.29) is 11.9 Å². The van der Waals surface area contributed by atoms with Gasteiger partial charge in [0.1, 0.15) is 5.82 Å². The Morgan fingerprint density at radius 1 is 1.10 bits per heavy atom. The molecule has 0 saturated carbocycles.